The van der Waals surface area contributed by atoms with E-state index in [-0.39, 0.29) is 18.0 Å². The minimum absolute atomic E-state index is 0.0109. The van der Waals surface area contributed by atoms with Crippen LogP contribution in [-0.2, 0) is 4.79 Å². The van der Waals surface area contributed by atoms with E-state index in [1.165, 1.54) is 12.8 Å². The molecule has 1 saturated heterocycles. The maximum atomic E-state index is 11.9. The molecule has 4 heteroatoms. The van der Waals surface area contributed by atoms with Crippen molar-refractivity contribution < 1.29 is 4.79 Å². The molecule has 1 aliphatic heterocycles. The van der Waals surface area contributed by atoms with Crippen LogP contribution in [0, 0.1) is 0 Å². The molecular formula is C12H25N3O. The van der Waals surface area contributed by atoms with E-state index in [1.54, 1.807) is 0 Å². The van der Waals surface area contributed by atoms with Gasteiger partial charge in [0.1, 0.15) is 0 Å². The molecular weight excluding hydrogens is 202 g/mol. The summed E-state index contributed by atoms with van der Waals surface area (Å²) in [6.45, 7) is 8.02. The molecule has 0 aromatic rings. The molecule has 16 heavy (non-hydrogen) atoms. The van der Waals surface area contributed by atoms with Gasteiger partial charge in [-0.1, -0.05) is 0 Å². The Morgan fingerprint density at radius 3 is 2.69 bits per heavy atom. The maximum Gasteiger partial charge on any atom is 0.237 e. The summed E-state index contributed by atoms with van der Waals surface area (Å²) in [5, 5.41) is 6.18. The maximum absolute atomic E-state index is 11.9. The van der Waals surface area contributed by atoms with Gasteiger partial charge >= 0.3 is 0 Å². The SMILES string of the molecule is CNCC1CCCN1C(C)C(=O)NC(C)C. The number of likely N-dealkylation sites (tertiary alicyclic amines) is 1. The minimum atomic E-state index is -0.0109. The molecule has 1 rings (SSSR count). The summed E-state index contributed by atoms with van der Waals surface area (Å²) in [5.74, 6) is 0.151. The second-order valence-electron chi connectivity index (χ2n) is 4.93. The van der Waals surface area contributed by atoms with Gasteiger partial charge in [-0.3, -0.25) is 9.69 Å². The van der Waals surface area contributed by atoms with Gasteiger partial charge in [-0.2, -0.15) is 0 Å². The fourth-order valence-electron chi connectivity index (χ4n) is 2.38. The molecule has 0 spiro atoms. The molecule has 94 valence electrons. The second-order valence-corrected chi connectivity index (χ2v) is 4.93. The summed E-state index contributed by atoms with van der Waals surface area (Å²) < 4.78 is 0. The molecule has 4 nitrogen and oxygen atoms in total. The molecule has 0 aliphatic carbocycles. The van der Waals surface area contributed by atoms with Crippen molar-refractivity contribution in [3.8, 4) is 0 Å². The van der Waals surface area contributed by atoms with Crippen LogP contribution in [0.2, 0.25) is 0 Å². The molecule has 0 bridgehead atoms. The zero-order valence-corrected chi connectivity index (χ0v) is 10.9. The zero-order chi connectivity index (χ0) is 12.1. The molecule has 2 N–H and O–H groups in total. The van der Waals surface area contributed by atoms with Crippen molar-refractivity contribution in [1.82, 2.24) is 15.5 Å². The van der Waals surface area contributed by atoms with Gasteiger partial charge in [-0.05, 0) is 47.2 Å². The van der Waals surface area contributed by atoms with E-state index in [1.807, 2.05) is 27.8 Å². The number of amides is 1. The minimum Gasteiger partial charge on any atom is -0.353 e. The van der Waals surface area contributed by atoms with Crippen molar-refractivity contribution in [3.63, 3.8) is 0 Å². The first-order valence-corrected chi connectivity index (χ1v) is 6.27. The number of carbonyl (C=O) groups is 1. The predicted octanol–water partition coefficient (Wildman–Crippen LogP) is 0.583. The van der Waals surface area contributed by atoms with E-state index >= 15 is 0 Å². The fraction of sp³-hybridized carbons (Fsp3) is 0.917. The van der Waals surface area contributed by atoms with E-state index < -0.39 is 0 Å². The smallest absolute Gasteiger partial charge is 0.237 e. The molecule has 1 aliphatic rings. The summed E-state index contributed by atoms with van der Waals surface area (Å²) in [6, 6.07) is 0.724. The number of nitrogens with zero attached hydrogens (tertiary/aromatic N) is 1. The van der Waals surface area contributed by atoms with Gasteiger partial charge in [0.05, 0.1) is 6.04 Å². The lowest BCUT2D eigenvalue weighted by Gasteiger charge is -2.30. The molecule has 0 saturated carbocycles. The second kappa shape index (κ2) is 6.21. The summed E-state index contributed by atoms with van der Waals surface area (Å²) in [7, 11) is 1.97. The lowest BCUT2D eigenvalue weighted by Crippen LogP contribution is -2.50. The van der Waals surface area contributed by atoms with Crippen LogP contribution in [0.4, 0.5) is 0 Å². The van der Waals surface area contributed by atoms with E-state index in [2.05, 4.69) is 15.5 Å². The molecule has 0 aromatic carbocycles. The van der Waals surface area contributed by atoms with Crippen molar-refractivity contribution in [2.75, 3.05) is 20.1 Å². The summed E-state index contributed by atoms with van der Waals surface area (Å²) in [6.07, 6.45) is 2.39. The van der Waals surface area contributed by atoms with Crippen LogP contribution in [0.25, 0.3) is 0 Å². The van der Waals surface area contributed by atoms with Gasteiger partial charge in [0, 0.05) is 18.6 Å². The van der Waals surface area contributed by atoms with Crippen molar-refractivity contribution >= 4 is 5.91 Å². The van der Waals surface area contributed by atoms with Crippen LogP contribution in [-0.4, -0.2) is 49.1 Å². The summed E-state index contributed by atoms with van der Waals surface area (Å²) in [5.41, 5.74) is 0. The molecule has 2 atom stereocenters. The van der Waals surface area contributed by atoms with Crippen LogP contribution in [0.1, 0.15) is 33.6 Å². The highest BCUT2D eigenvalue weighted by Crippen LogP contribution is 2.19. The number of hydrogen-bond donors (Lipinski definition) is 2. The first-order valence-electron chi connectivity index (χ1n) is 6.27. The highest BCUT2D eigenvalue weighted by atomic mass is 16.2. The lowest BCUT2D eigenvalue weighted by atomic mass is 10.2. The van der Waals surface area contributed by atoms with Crippen LogP contribution < -0.4 is 10.6 Å². The molecule has 0 aromatic heterocycles. The van der Waals surface area contributed by atoms with Crippen LogP contribution >= 0.6 is 0 Å². The Morgan fingerprint density at radius 1 is 1.44 bits per heavy atom. The Hall–Kier alpha value is -0.610. The standard InChI is InChI=1S/C12H25N3O/c1-9(2)14-12(16)10(3)15-7-5-6-11(15)8-13-4/h9-11,13H,5-8H2,1-4H3,(H,14,16). The topological polar surface area (TPSA) is 44.4 Å². The van der Waals surface area contributed by atoms with Gasteiger partial charge in [-0.15, -0.1) is 0 Å². The van der Waals surface area contributed by atoms with Crippen LogP contribution in [0.5, 0.6) is 0 Å². The average molecular weight is 227 g/mol. The predicted molar refractivity (Wildman–Crippen MR) is 66.4 cm³/mol. The molecule has 1 heterocycles. The molecule has 2 unspecified atom stereocenters. The van der Waals surface area contributed by atoms with E-state index in [9.17, 15) is 4.79 Å². The van der Waals surface area contributed by atoms with Crippen LogP contribution in [0.3, 0.4) is 0 Å². The Kier molecular flexibility index (Phi) is 5.22. The Labute approximate surface area is 98.8 Å². The number of carbonyl (C=O) groups excluding carboxylic acids is 1. The number of rotatable bonds is 5. The van der Waals surface area contributed by atoms with Gasteiger partial charge in [0.25, 0.3) is 0 Å². The number of nitrogens with one attached hydrogen (secondary N) is 2. The highest BCUT2D eigenvalue weighted by Gasteiger charge is 2.31. The summed E-state index contributed by atoms with van der Waals surface area (Å²) in [4.78, 5) is 14.2. The Bertz CT molecular complexity index is 230. The molecule has 1 fully saturated rings. The third-order valence-corrected chi connectivity index (χ3v) is 3.17. The Morgan fingerprint density at radius 2 is 2.12 bits per heavy atom. The van der Waals surface area contributed by atoms with E-state index in [0.29, 0.717) is 6.04 Å². The average Bonchev–Trinajstić information content (AvgIpc) is 2.64. The van der Waals surface area contributed by atoms with Crippen molar-refractivity contribution in [2.24, 2.45) is 0 Å². The molecule has 0 radical (unpaired) electrons. The lowest BCUT2D eigenvalue weighted by molar-refractivity contribution is -0.126. The Balaban J connectivity index is 2.51. The first kappa shape index (κ1) is 13.5. The zero-order valence-electron chi connectivity index (χ0n) is 10.9. The van der Waals surface area contributed by atoms with Crippen molar-refractivity contribution in [3.05, 3.63) is 0 Å². The normalized spacial score (nSPS) is 23.7. The van der Waals surface area contributed by atoms with E-state index in [4.69, 9.17) is 0 Å². The van der Waals surface area contributed by atoms with Gasteiger partial charge < -0.3 is 10.6 Å². The first-order chi connectivity index (χ1) is 7.56. The van der Waals surface area contributed by atoms with Gasteiger partial charge in [0.15, 0.2) is 0 Å². The summed E-state index contributed by atoms with van der Waals surface area (Å²) >= 11 is 0. The monoisotopic (exact) mass is 227 g/mol. The third kappa shape index (κ3) is 3.46. The number of likely N-dealkylation sites (N-methyl/N-ethyl adjacent to an activating group) is 1. The largest absolute Gasteiger partial charge is 0.353 e. The highest BCUT2D eigenvalue weighted by molar-refractivity contribution is 5.81. The fourth-order valence-corrected chi connectivity index (χ4v) is 2.38. The van der Waals surface area contributed by atoms with E-state index in [0.717, 1.165) is 13.1 Å². The molecule has 1 amide bonds. The van der Waals surface area contributed by atoms with Gasteiger partial charge in [0.2, 0.25) is 5.91 Å². The van der Waals surface area contributed by atoms with Crippen molar-refractivity contribution in [1.29, 1.82) is 0 Å². The quantitative estimate of drug-likeness (QED) is 0.722. The number of hydrogen-bond acceptors (Lipinski definition) is 3. The van der Waals surface area contributed by atoms with Crippen LogP contribution in [0.15, 0.2) is 0 Å². The van der Waals surface area contributed by atoms with Gasteiger partial charge in [-0.25, -0.2) is 0 Å². The third-order valence-electron chi connectivity index (χ3n) is 3.17. The van der Waals surface area contributed by atoms with Crippen molar-refractivity contribution in [2.45, 2.75) is 51.7 Å².